The third-order valence-corrected chi connectivity index (χ3v) is 2.33. The molecule has 0 aliphatic heterocycles. The van der Waals surface area contributed by atoms with Gasteiger partial charge in [0.05, 0.1) is 17.3 Å². The van der Waals surface area contributed by atoms with Crippen molar-refractivity contribution in [2.24, 2.45) is 0 Å². The Bertz CT molecular complexity index is 546. The van der Waals surface area contributed by atoms with E-state index in [4.69, 9.17) is 5.26 Å². The van der Waals surface area contributed by atoms with Gasteiger partial charge in [0.25, 0.3) is 0 Å². The van der Waals surface area contributed by atoms with Crippen LogP contribution in [0.3, 0.4) is 0 Å². The maximum Gasteiger partial charge on any atom is 0.147 e. The van der Waals surface area contributed by atoms with E-state index in [9.17, 15) is 4.39 Å². The fourth-order valence-corrected chi connectivity index (χ4v) is 1.43. The lowest BCUT2D eigenvalue weighted by Crippen LogP contribution is -2.01. The second-order valence-electron chi connectivity index (χ2n) is 3.52. The number of nitrogens with one attached hydrogen (secondary N) is 1. The van der Waals surface area contributed by atoms with Gasteiger partial charge in [-0.05, 0) is 35.9 Å². The number of benzene rings is 1. The molecule has 0 bridgehead atoms. The van der Waals surface area contributed by atoms with Gasteiger partial charge in [0.15, 0.2) is 0 Å². The van der Waals surface area contributed by atoms with Crippen LogP contribution in [0.4, 0.5) is 10.1 Å². The highest BCUT2D eigenvalue weighted by molar-refractivity contribution is 5.49. The molecule has 0 atom stereocenters. The van der Waals surface area contributed by atoms with Crippen molar-refractivity contribution in [3.8, 4) is 6.07 Å². The Hall–Kier alpha value is -2.41. The quantitative estimate of drug-likeness (QED) is 0.877. The Labute approximate surface area is 98.5 Å². The van der Waals surface area contributed by atoms with Crippen LogP contribution in [0.5, 0.6) is 0 Å². The molecule has 0 aliphatic carbocycles. The lowest BCUT2D eigenvalue weighted by molar-refractivity contribution is 0.629. The number of halogens is 1. The summed E-state index contributed by atoms with van der Waals surface area (Å²) in [6.45, 7) is 0.519. The standard InChI is InChI=1S/C13H10FN3/c14-12-7-11(8-15)1-2-13(12)17-9-10-3-5-16-6-4-10/h1-7,17H,9H2. The smallest absolute Gasteiger partial charge is 0.147 e. The van der Waals surface area contributed by atoms with E-state index in [0.29, 0.717) is 17.8 Å². The summed E-state index contributed by atoms with van der Waals surface area (Å²) in [6.07, 6.45) is 3.37. The van der Waals surface area contributed by atoms with Gasteiger partial charge in [0.2, 0.25) is 0 Å². The first-order valence-corrected chi connectivity index (χ1v) is 5.12. The Balaban J connectivity index is 2.08. The molecular weight excluding hydrogens is 217 g/mol. The molecule has 2 rings (SSSR count). The minimum absolute atomic E-state index is 0.317. The van der Waals surface area contributed by atoms with Crippen molar-refractivity contribution in [2.75, 3.05) is 5.32 Å². The SMILES string of the molecule is N#Cc1ccc(NCc2ccncc2)c(F)c1. The summed E-state index contributed by atoms with van der Waals surface area (Å²) >= 11 is 0. The summed E-state index contributed by atoms with van der Waals surface area (Å²) in [6, 6.07) is 9.97. The minimum Gasteiger partial charge on any atom is -0.379 e. The third-order valence-electron chi connectivity index (χ3n) is 2.33. The molecule has 0 fully saturated rings. The lowest BCUT2D eigenvalue weighted by Gasteiger charge is -2.07. The first-order valence-electron chi connectivity index (χ1n) is 5.12. The maximum atomic E-state index is 13.5. The van der Waals surface area contributed by atoms with Crippen LogP contribution >= 0.6 is 0 Å². The van der Waals surface area contributed by atoms with Crippen LogP contribution in [0.1, 0.15) is 11.1 Å². The fraction of sp³-hybridized carbons (Fsp3) is 0.0769. The Kier molecular flexibility index (Phi) is 3.31. The van der Waals surface area contributed by atoms with Crippen molar-refractivity contribution in [2.45, 2.75) is 6.54 Å². The average Bonchev–Trinajstić information content (AvgIpc) is 2.38. The summed E-state index contributed by atoms with van der Waals surface area (Å²) < 4.78 is 13.5. The average molecular weight is 227 g/mol. The molecule has 0 aliphatic rings. The van der Waals surface area contributed by atoms with Crippen LogP contribution in [0.25, 0.3) is 0 Å². The number of rotatable bonds is 3. The van der Waals surface area contributed by atoms with E-state index in [2.05, 4.69) is 10.3 Å². The summed E-state index contributed by atoms with van der Waals surface area (Å²) in [5.74, 6) is -0.418. The molecular formula is C13H10FN3. The second-order valence-corrected chi connectivity index (χ2v) is 3.52. The van der Waals surface area contributed by atoms with Crippen LogP contribution in [0, 0.1) is 17.1 Å². The van der Waals surface area contributed by atoms with Crippen molar-refractivity contribution in [3.05, 3.63) is 59.7 Å². The summed E-state index contributed by atoms with van der Waals surface area (Å²) in [5.41, 5.74) is 1.72. The van der Waals surface area contributed by atoms with Gasteiger partial charge in [-0.3, -0.25) is 4.98 Å². The molecule has 0 unspecified atom stereocenters. The van der Waals surface area contributed by atoms with Crippen LogP contribution in [0.2, 0.25) is 0 Å². The molecule has 4 heteroatoms. The maximum absolute atomic E-state index is 13.5. The van der Waals surface area contributed by atoms with E-state index in [0.717, 1.165) is 5.56 Å². The molecule has 0 radical (unpaired) electrons. The van der Waals surface area contributed by atoms with Gasteiger partial charge in [-0.2, -0.15) is 5.26 Å². The van der Waals surface area contributed by atoms with Gasteiger partial charge >= 0.3 is 0 Å². The number of hydrogen-bond acceptors (Lipinski definition) is 3. The Morgan fingerprint density at radius 1 is 1.24 bits per heavy atom. The second kappa shape index (κ2) is 5.08. The first-order chi connectivity index (χ1) is 8.29. The zero-order chi connectivity index (χ0) is 12.1. The molecule has 17 heavy (non-hydrogen) atoms. The number of nitrogens with zero attached hydrogens (tertiary/aromatic N) is 2. The molecule has 3 nitrogen and oxygen atoms in total. The lowest BCUT2D eigenvalue weighted by atomic mass is 10.2. The van der Waals surface area contributed by atoms with E-state index in [1.54, 1.807) is 24.5 Å². The molecule has 0 spiro atoms. The van der Waals surface area contributed by atoms with E-state index in [1.165, 1.54) is 6.07 Å². The van der Waals surface area contributed by atoms with Crippen molar-refractivity contribution in [1.29, 1.82) is 5.26 Å². The van der Waals surface area contributed by atoms with Gasteiger partial charge in [0, 0.05) is 18.9 Å². The Morgan fingerprint density at radius 3 is 2.65 bits per heavy atom. The van der Waals surface area contributed by atoms with Gasteiger partial charge in [-0.25, -0.2) is 4.39 Å². The van der Waals surface area contributed by atoms with E-state index < -0.39 is 5.82 Å². The molecule has 0 saturated heterocycles. The van der Waals surface area contributed by atoms with Gasteiger partial charge < -0.3 is 5.32 Å². The number of pyridine rings is 1. The molecule has 1 heterocycles. The molecule has 1 aromatic heterocycles. The van der Waals surface area contributed by atoms with Gasteiger partial charge in [-0.1, -0.05) is 0 Å². The van der Waals surface area contributed by atoms with Crippen molar-refractivity contribution in [1.82, 2.24) is 4.98 Å². The van der Waals surface area contributed by atoms with Crippen molar-refractivity contribution in [3.63, 3.8) is 0 Å². The largest absolute Gasteiger partial charge is 0.379 e. The zero-order valence-corrected chi connectivity index (χ0v) is 9.02. The molecule has 1 aromatic carbocycles. The first kappa shape index (κ1) is 11.1. The van der Waals surface area contributed by atoms with Gasteiger partial charge in [0.1, 0.15) is 5.82 Å². The van der Waals surface area contributed by atoms with Crippen molar-refractivity contribution < 1.29 is 4.39 Å². The monoisotopic (exact) mass is 227 g/mol. The van der Waals surface area contributed by atoms with Crippen LogP contribution < -0.4 is 5.32 Å². The van der Waals surface area contributed by atoms with E-state index >= 15 is 0 Å². The zero-order valence-electron chi connectivity index (χ0n) is 9.02. The minimum atomic E-state index is -0.418. The summed E-state index contributed by atoms with van der Waals surface area (Å²) in [7, 11) is 0. The molecule has 0 saturated carbocycles. The predicted octanol–water partition coefficient (Wildman–Crippen LogP) is 2.70. The van der Waals surface area contributed by atoms with Crippen LogP contribution in [0.15, 0.2) is 42.7 Å². The highest BCUT2D eigenvalue weighted by atomic mass is 19.1. The Morgan fingerprint density at radius 2 is 2.00 bits per heavy atom. The van der Waals surface area contributed by atoms with Crippen LogP contribution in [-0.2, 0) is 6.54 Å². The summed E-state index contributed by atoms with van der Waals surface area (Å²) in [4.78, 5) is 3.90. The van der Waals surface area contributed by atoms with E-state index in [1.807, 2.05) is 18.2 Å². The molecule has 2 aromatic rings. The van der Waals surface area contributed by atoms with Crippen molar-refractivity contribution >= 4 is 5.69 Å². The van der Waals surface area contributed by atoms with E-state index in [-0.39, 0.29) is 0 Å². The number of aromatic nitrogens is 1. The summed E-state index contributed by atoms with van der Waals surface area (Å²) in [5, 5.41) is 11.6. The van der Waals surface area contributed by atoms with Gasteiger partial charge in [-0.15, -0.1) is 0 Å². The topological polar surface area (TPSA) is 48.7 Å². The normalized spacial score (nSPS) is 9.65. The number of nitriles is 1. The highest BCUT2D eigenvalue weighted by Gasteiger charge is 2.02. The fourth-order valence-electron chi connectivity index (χ4n) is 1.43. The molecule has 0 amide bonds. The molecule has 84 valence electrons. The number of anilines is 1. The third kappa shape index (κ3) is 2.79. The highest BCUT2D eigenvalue weighted by Crippen LogP contribution is 2.16. The predicted molar refractivity (Wildman–Crippen MR) is 62.7 cm³/mol. The van der Waals surface area contributed by atoms with Crippen LogP contribution in [-0.4, -0.2) is 4.98 Å². The molecule has 1 N–H and O–H groups in total. The number of hydrogen-bond donors (Lipinski definition) is 1.